The molecule has 2 atom stereocenters. The minimum Gasteiger partial charge on any atom is -0.507 e. The maximum atomic E-state index is 16.3. The van der Waals surface area contributed by atoms with Crippen LogP contribution in [-0.4, -0.2) is 92.7 Å². The molecule has 2 fully saturated rings. The van der Waals surface area contributed by atoms with Gasteiger partial charge in [-0.2, -0.15) is 15.2 Å². The molecule has 4 heterocycles. The quantitative estimate of drug-likeness (QED) is 0.274. The molecule has 2 aliphatic rings. The summed E-state index contributed by atoms with van der Waals surface area (Å²) in [6, 6.07) is 9.48. The molecule has 2 aromatic carbocycles. The zero-order valence-electron chi connectivity index (χ0n) is 25.5. The van der Waals surface area contributed by atoms with Gasteiger partial charge in [0.2, 0.25) is 0 Å². The predicted molar refractivity (Wildman–Crippen MR) is 167 cm³/mol. The fourth-order valence-corrected chi connectivity index (χ4v) is 6.06. The van der Waals surface area contributed by atoms with E-state index < -0.39 is 35.2 Å². The van der Waals surface area contributed by atoms with Gasteiger partial charge in [0.05, 0.1) is 24.1 Å². The normalized spacial score (nSPS) is 18.8. The van der Waals surface area contributed by atoms with E-state index in [4.69, 9.17) is 4.74 Å². The highest BCUT2D eigenvalue weighted by Gasteiger charge is 2.34. The van der Waals surface area contributed by atoms with E-state index in [1.807, 2.05) is 7.05 Å². The largest absolute Gasteiger partial charge is 0.507 e. The number of rotatable bonds is 8. The number of nitriles is 1. The molecule has 2 aliphatic heterocycles. The lowest BCUT2D eigenvalue weighted by molar-refractivity contribution is -0.131. The zero-order valence-corrected chi connectivity index (χ0v) is 25.5. The molecular formula is C33H31F3N8O3. The van der Waals surface area contributed by atoms with Crippen LogP contribution in [0.1, 0.15) is 25.1 Å². The number of anilines is 1. The summed E-state index contributed by atoms with van der Waals surface area (Å²) in [4.78, 5) is 35.2. The number of nitrogens with zero attached hydrogens (tertiary/aromatic N) is 8. The Kier molecular flexibility index (Phi) is 9.17. The van der Waals surface area contributed by atoms with Gasteiger partial charge in [0.15, 0.2) is 17.5 Å². The number of hydrogen-bond donors (Lipinski definition) is 1. The molecule has 2 saturated heterocycles. The Labute approximate surface area is 268 Å². The molecule has 6 rings (SSSR count). The first-order valence-electron chi connectivity index (χ1n) is 15.1. The van der Waals surface area contributed by atoms with Crippen molar-refractivity contribution in [1.29, 1.82) is 5.26 Å². The monoisotopic (exact) mass is 644 g/mol. The van der Waals surface area contributed by atoms with Crippen molar-refractivity contribution in [2.75, 3.05) is 44.7 Å². The molecule has 11 nitrogen and oxygen atoms in total. The fraction of sp³-hybridized carbons (Fsp3) is 0.333. The van der Waals surface area contributed by atoms with Crippen molar-refractivity contribution < 1.29 is 27.8 Å². The number of aromatic hydroxyl groups is 1. The Morgan fingerprint density at radius 1 is 1.11 bits per heavy atom. The van der Waals surface area contributed by atoms with Crippen LogP contribution in [0.5, 0.6) is 11.8 Å². The minimum absolute atomic E-state index is 0.0281. The molecule has 0 radical (unpaired) electrons. The van der Waals surface area contributed by atoms with E-state index in [0.717, 1.165) is 31.5 Å². The topological polar surface area (TPSA) is 132 Å². The molecule has 47 heavy (non-hydrogen) atoms. The second kappa shape index (κ2) is 13.6. The smallest absolute Gasteiger partial charge is 0.319 e. The third-order valence-electron chi connectivity index (χ3n) is 8.52. The number of phenolic OH excluding ortho intramolecular Hbond substituents is 1. The van der Waals surface area contributed by atoms with Crippen LogP contribution in [0.2, 0.25) is 0 Å². The molecule has 4 aromatic rings. The van der Waals surface area contributed by atoms with Crippen LogP contribution in [0, 0.1) is 23.0 Å². The van der Waals surface area contributed by atoms with Crippen LogP contribution in [0.25, 0.3) is 28.1 Å². The summed E-state index contributed by atoms with van der Waals surface area (Å²) in [6.07, 6.45) is 5.60. The van der Waals surface area contributed by atoms with E-state index in [9.17, 15) is 19.6 Å². The first-order valence-corrected chi connectivity index (χ1v) is 15.1. The van der Waals surface area contributed by atoms with E-state index in [2.05, 4.69) is 30.9 Å². The Morgan fingerprint density at radius 2 is 1.91 bits per heavy atom. The lowest BCUT2D eigenvalue weighted by Crippen LogP contribution is -2.55. The van der Waals surface area contributed by atoms with Gasteiger partial charge in [-0.3, -0.25) is 4.79 Å². The van der Waals surface area contributed by atoms with Crippen LogP contribution in [0.4, 0.5) is 19.0 Å². The first kappa shape index (κ1) is 31.7. The number of halogens is 3. The van der Waals surface area contributed by atoms with Gasteiger partial charge in [-0.25, -0.2) is 23.1 Å². The first-order chi connectivity index (χ1) is 22.7. The van der Waals surface area contributed by atoms with Crippen LogP contribution in [0.15, 0.2) is 54.6 Å². The van der Waals surface area contributed by atoms with Gasteiger partial charge >= 0.3 is 6.01 Å². The molecular weight excluding hydrogens is 613 g/mol. The number of carbonyl (C=O) groups is 1. The van der Waals surface area contributed by atoms with Gasteiger partial charge in [-0.1, -0.05) is 12.1 Å². The van der Waals surface area contributed by atoms with Crippen molar-refractivity contribution in [2.45, 2.75) is 31.3 Å². The number of amides is 1. The van der Waals surface area contributed by atoms with Crippen molar-refractivity contribution >= 4 is 28.7 Å². The van der Waals surface area contributed by atoms with E-state index in [1.54, 1.807) is 11.0 Å². The number of ether oxygens (including phenoxy) is 1. The van der Waals surface area contributed by atoms with Crippen LogP contribution >= 0.6 is 0 Å². The van der Waals surface area contributed by atoms with E-state index in [1.165, 1.54) is 41.6 Å². The van der Waals surface area contributed by atoms with Crippen molar-refractivity contribution in [3.63, 3.8) is 0 Å². The third kappa shape index (κ3) is 6.52. The molecule has 1 amide bonds. The number of likely N-dealkylation sites (N-methyl/N-ethyl adjacent to an activating group) is 1. The Morgan fingerprint density at radius 3 is 2.64 bits per heavy atom. The highest BCUT2D eigenvalue weighted by atomic mass is 19.1. The number of hydrogen-bond acceptors (Lipinski definition) is 10. The highest BCUT2D eigenvalue weighted by molar-refractivity contribution is 5.96. The second-order valence-electron chi connectivity index (χ2n) is 11.4. The third-order valence-corrected chi connectivity index (χ3v) is 8.52. The summed E-state index contributed by atoms with van der Waals surface area (Å²) in [5, 5.41) is 20.3. The summed E-state index contributed by atoms with van der Waals surface area (Å²) in [5.74, 6) is -3.79. The van der Waals surface area contributed by atoms with E-state index >= 15 is 8.78 Å². The molecule has 242 valence electrons. The van der Waals surface area contributed by atoms with Gasteiger partial charge < -0.3 is 24.5 Å². The number of carbonyl (C=O) groups excluding carboxylic acids is 1. The van der Waals surface area contributed by atoms with E-state index in [-0.39, 0.29) is 78.4 Å². The summed E-state index contributed by atoms with van der Waals surface area (Å²) < 4.78 is 52.1. The van der Waals surface area contributed by atoms with Crippen LogP contribution < -0.4 is 9.64 Å². The standard InChI is InChI=1S/C33H31F3N8O3/c1-42-14-3-5-21(42)19-47-33-40-30-23(9-8-22(29(30)36)28-24(34)6-2-7-26(28)45)31(41-33)43-15-16-44(20(18-43)10-11-37)32(46)25(35)17-27-38-12-4-13-39-27/h2,4,6-9,12-13,17,20-21,45H,3,5,10,14-16,18-19H2,1H3/b25-17-/t20-,21-/m0/s1. The molecule has 0 bridgehead atoms. The number of fused-ring (bicyclic) bond motifs is 1. The van der Waals surface area contributed by atoms with Crippen LogP contribution in [-0.2, 0) is 4.79 Å². The Bertz CT molecular complexity index is 1850. The SMILES string of the molecule is CN1CCC[C@H]1COc1nc(N2CCN(C(=O)/C(F)=C/c3ncccn3)[C@@H](CC#N)C2)c2ccc(-c3c(O)cccc3F)c(F)c2n1. The Balaban J connectivity index is 1.36. The molecule has 0 spiro atoms. The van der Waals surface area contributed by atoms with Gasteiger partial charge in [-0.05, 0) is 50.7 Å². The Hall–Kier alpha value is -5.29. The lowest BCUT2D eigenvalue weighted by Gasteiger charge is -2.41. The lowest BCUT2D eigenvalue weighted by atomic mass is 10.0. The summed E-state index contributed by atoms with van der Waals surface area (Å²) in [5.41, 5.74) is -0.655. The van der Waals surface area contributed by atoms with E-state index in [0.29, 0.717) is 0 Å². The second-order valence-corrected chi connectivity index (χ2v) is 11.4. The average molecular weight is 645 g/mol. The van der Waals surface area contributed by atoms with Crippen molar-refractivity contribution in [1.82, 2.24) is 29.7 Å². The molecule has 2 aromatic heterocycles. The van der Waals surface area contributed by atoms with Gasteiger partial charge in [-0.15, -0.1) is 0 Å². The summed E-state index contributed by atoms with van der Waals surface area (Å²) >= 11 is 0. The molecule has 0 aliphatic carbocycles. The van der Waals surface area contributed by atoms with Gasteiger partial charge in [0.1, 0.15) is 29.5 Å². The summed E-state index contributed by atoms with van der Waals surface area (Å²) in [6.45, 7) is 1.44. The highest BCUT2D eigenvalue weighted by Crippen LogP contribution is 2.38. The fourth-order valence-electron chi connectivity index (χ4n) is 6.06. The van der Waals surface area contributed by atoms with Crippen LogP contribution in [0.3, 0.4) is 0 Å². The van der Waals surface area contributed by atoms with Gasteiger partial charge in [0, 0.05) is 55.1 Å². The minimum atomic E-state index is -1.07. The maximum absolute atomic E-state index is 16.3. The number of benzene rings is 2. The molecule has 1 N–H and O–H groups in total. The molecule has 14 heteroatoms. The number of aromatic nitrogens is 4. The zero-order chi connectivity index (χ0) is 33.1. The van der Waals surface area contributed by atoms with Crippen molar-refractivity contribution in [2.24, 2.45) is 0 Å². The van der Waals surface area contributed by atoms with Gasteiger partial charge in [0.25, 0.3) is 5.91 Å². The number of likely N-dealkylation sites (tertiary alicyclic amines) is 1. The molecule has 0 unspecified atom stereocenters. The summed E-state index contributed by atoms with van der Waals surface area (Å²) in [7, 11) is 1.99. The average Bonchev–Trinajstić information content (AvgIpc) is 3.49. The van der Waals surface area contributed by atoms with Crippen molar-refractivity contribution in [3.05, 3.63) is 72.1 Å². The van der Waals surface area contributed by atoms with Crippen molar-refractivity contribution in [3.8, 4) is 29.0 Å². The molecule has 0 saturated carbocycles. The number of phenols is 1. The number of piperazine rings is 1. The maximum Gasteiger partial charge on any atom is 0.319 e. The predicted octanol–water partition coefficient (Wildman–Crippen LogP) is 4.49.